The highest BCUT2D eigenvalue weighted by molar-refractivity contribution is 5.74. The van der Waals surface area contributed by atoms with Crippen molar-refractivity contribution >= 4 is 11.7 Å². The average Bonchev–Trinajstić information content (AvgIpc) is 3.01. The van der Waals surface area contributed by atoms with E-state index in [2.05, 4.69) is 15.6 Å². The van der Waals surface area contributed by atoms with E-state index < -0.39 is 35.3 Å². The molecule has 1 unspecified atom stereocenters. The van der Waals surface area contributed by atoms with Gasteiger partial charge in [-0.2, -0.15) is 0 Å². The van der Waals surface area contributed by atoms with Crippen LogP contribution < -0.4 is 10.6 Å². The number of rotatable bonds is 4. The summed E-state index contributed by atoms with van der Waals surface area (Å²) in [6, 6.07) is 2.35. The highest BCUT2D eigenvalue weighted by Gasteiger charge is 2.18. The fourth-order valence-electron chi connectivity index (χ4n) is 2.50. The molecule has 26 heavy (non-hydrogen) atoms. The van der Waals surface area contributed by atoms with Crippen molar-refractivity contribution in [2.24, 2.45) is 0 Å². The summed E-state index contributed by atoms with van der Waals surface area (Å²) in [5, 5.41) is 4.85. The Hall–Kier alpha value is -3.10. The lowest BCUT2D eigenvalue weighted by atomic mass is 10.1. The van der Waals surface area contributed by atoms with Gasteiger partial charge in [0.1, 0.15) is 5.82 Å². The lowest BCUT2D eigenvalue weighted by molar-refractivity contribution is 0.237. The first-order chi connectivity index (χ1) is 12.3. The molecule has 0 aliphatic rings. The molecule has 2 aromatic heterocycles. The van der Waals surface area contributed by atoms with Crippen LogP contribution in [0.15, 0.2) is 36.7 Å². The molecule has 0 fully saturated rings. The third-order valence-corrected chi connectivity index (χ3v) is 3.75. The van der Waals surface area contributed by atoms with Crippen molar-refractivity contribution in [2.45, 2.75) is 19.5 Å². The van der Waals surface area contributed by atoms with Crippen molar-refractivity contribution in [1.29, 1.82) is 0 Å². The fourth-order valence-corrected chi connectivity index (χ4v) is 2.50. The molecule has 1 aromatic carbocycles. The lowest BCUT2D eigenvalue weighted by Gasteiger charge is -2.16. The summed E-state index contributed by atoms with van der Waals surface area (Å²) in [4.78, 5) is 16.0. The van der Waals surface area contributed by atoms with Gasteiger partial charge < -0.3 is 15.0 Å². The van der Waals surface area contributed by atoms with Crippen LogP contribution in [0.2, 0.25) is 0 Å². The molecule has 136 valence electrons. The minimum absolute atomic E-state index is 0.0142. The van der Waals surface area contributed by atoms with E-state index in [0.717, 1.165) is 6.07 Å². The van der Waals surface area contributed by atoms with Crippen molar-refractivity contribution in [2.75, 3.05) is 0 Å². The third kappa shape index (κ3) is 3.61. The second kappa shape index (κ2) is 7.03. The smallest absolute Gasteiger partial charge is 0.315 e. The Labute approximate surface area is 145 Å². The molecule has 0 radical (unpaired) electrons. The SMILES string of the molecule is CC(NC(=O)NCc1cn2cccc(F)c2n1)c1cc(F)cc(F)c1F. The van der Waals surface area contributed by atoms with Gasteiger partial charge in [0.2, 0.25) is 0 Å². The Bertz CT molecular complexity index is 973. The number of nitrogens with one attached hydrogen (secondary N) is 2. The number of amides is 2. The van der Waals surface area contributed by atoms with Gasteiger partial charge in [0.05, 0.1) is 18.3 Å². The molecule has 9 heteroatoms. The standard InChI is InChI=1S/C17H14F4N4O/c1-9(12-5-10(18)6-14(20)15(12)21)23-17(26)22-7-11-8-25-4-2-3-13(19)16(25)24-11/h2-6,8-9H,7H2,1H3,(H2,22,23,26). The van der Waals surface area contributed by atoms with Gasteiger partial charge >= 0.3 is 6.03 Å². The number of imidazole rings is 1. The van der Waals surface area contributed by atoms with Crippen LogP contribution in [0.25, 0.3) is 5.65 Å². The summed E-state index contributed by atoms with van der Waals surface area (Å²) < 4.78 is 55.3. The summed E-state index contributed by atoms with van der Waals surface area (Å²) in [6.45, 7) is 1.37. The Kier molecular flexibility index (Phi) is 4.79. The van der Waals surface area contributed by atoms with E-state index in [1.165, 1.54) is 23.5 Å². The number of halogens is 4. The predicted molar refractivity (Wildman–Crippen MR) is 85.3 cm³/mol. The zero-order valence-corrected chi connectivity index (χ0v) is 13.6. The van der Waals surface area contributed by atoms with E-state index in [9.17, 15) is 22.4 Å². The molecular formula is C17H14F4N4O. The number of aromatic nitrogens is 2. The van der Waals surface area contributed by atoms with E-state index in [-0.39, 0.29) is 17.8 Å². The molecule has 0 aliphatic heterocycles. The van der Waals surface area contributed by atoms with Crippen molar-refractivity contribution < 1.29 is 22.4 Å². The maximum Gasteiger partial charge on any atom is 0.315 e. The molecule has 0 spiro atoms. The van der Waals surface area contributed by atoms with E-state index in [0.29, 0.717) is 11.8 Å². The minimum Gasteiger partial charge on any atom is -0.332 e. The number of benzene rings is 1. The second-order valence-electron chi connectivity index (χ2n) is 5.66. The quantitative estimate of drug-likeness (QED) is 0.549. The second-order valence-corrected chi connectivity index (χ2v) is 5.66. The molecular weight excluding hydrogens is 352 g/mol. The molecule has 2 heterocycles. The summed E-state index contributed by atoms with van der Waals surface area (Å²) in [5.74, 6) is -4.00. The topological polar surface area (TPSA) is 58.4 Å². The lowest BCUT2D eigenvalue weighted by Crippen LogP contribution is -2.37. The number of nitrogens with zero attached hydrogens (tertiary/aromatic N) is 2. The predicted octanol–water partition coefficient (Wildman–Crippen LogP) is 3.45. The Balaban J connectivity index is 1.64. The van der Waals surface area contributed by atoms with Crippen LogP contribution in [0.3, 0.4) is 0 Å². The third-order valence-electron chi connectivity index (χ3n) is 3.75. The number of carbonyl (C=O) groups excluding carboxylic acids is 1. The number of hydrogen-bond donors (Lipinski definition) is 2. The first kappa shape index (κ1) is 17.7. The van der Waals surface area contributed by atoms with Crippen LogP contribution in [-0.4, -0.2) is 15.4 Å². The highest BCUT2D eigenvalue weighted by atomic mass is 19.2. The summed E-state index contributed by atoms with van der Waals surface area (Å²) >= 11 is 0. The van der Waals surface area contributed by atoms with Crippen LogP contribution in [0.4, 0.5) is 22.4 Å². The van der Waals surface area contributed by atoms with E-state index in [1.54, 1.807) is 12.4 Å². The van der Waals surface area contributed by atoms with Crippen molar-refractivity contribution in [3.8, 4) is 0 Å². The maximum atomic E-state index is 13.7. The number of fused-ring (bicyclic) bond motifs is 1. The van der Waals surface area contributed by atoms with E-state index >= 15 is 0 Å². The van der Waals surface area contributed by atoms with Gasteiger partial charge in [-0.3, -0.25) is 0 Å². The normalized spacial score (nSPS) is 12.2. The fraction of sp³-hybridized carbons (Fsp3) is 0.176. The Morgan fingerprint density at radius 2 is 2.00 bits per heavy atom. The van der Waals surface area contributed by atoms with Crippen LogP contribution in [0, 0.1) is 23.3 Å². The van der Waals surface area contributed by atoms with Crippen molar-refractivity contribution in [1.82, 2.24) is 20.0 Å². The molecule has 0 bridgehead atoms. The molecule has 2 N–H and O–H groups in total. The van der Waals surface area contributed by atoms with Gasteiger partial charge in [0, 0.05) is 24.0 Å². The van der Waals surface area contributed by atoms with Gasteiger partial charge in [-0.25, -0.2) is 27.3 Å². The molecule has 2 amide bonds. The van der Waals surface area contributed by atoms with Gasteiger partial charge in [-0.1, -0.05) is 0 Å². The van der Waals surface area contributed by atoms with Gasteiger partial charge in [-0.15, -0.1) is 0 Å². The zero-order valence-electron chi connectivity index (χ0n) is 13.6. The highest BCUT2D eigenvalue weighted by Crippen LogP contribution is 2.20. The maximum absolute atomic E-state index is 13.7. The summed E-state index contributed by atoms with van der Waals surface area (Å²) in [7, 11) is 0. The average molecular weight is 366 g/mol. The minimum atomic E-state index is -1.33. The molecule has 0 saturated carbocycles. The monoisotopic (exact) mass is 366 g/mol. The number of carbonyl (C=O) groups is 1. The van der Waals surface area contributed by atoms with Crippen LogP contribution in [0.5, 0.6) is 0 Å². The summed E-state index contributed by atoms with van der Waals surface area (Å²) in [5.41, 5.74) is 0.212. The van der Waals surface area contributed by atoms with E-state index in [4.69, 9.17) is 0 Å². The zero-order chi connectivity index (χ0) is 18.8. The van der Waals surface area contributed by atoms with Crippen LogP contribution in [0.1, 0.15) is 24.2 Å². The number of hydrogen-bond acceptors (Lipinski definition) is 2. The number of urea groups is 1. The van der Waals surface area contributed by atoms with Crippen molar-refractivity contribution in [3.63, 3.8) is 0 Å². The molecule has 3 aromatic rings. The molecule has 5 nitrogen and oxygen atoms in total. The summed E-state index contributed by atoms with van der Waals surface area (Å²) in [6.07, 6.45) is 3.15. The molecule has 3 rings (SSSR count). The number of pyridine rings is 1. The van der Waals surface area contributed by atoms with Gasteiger partial charge in [0.25, 0.3) is 0 Å². The molecule has 0 aliphatic carbocycles. The Morgan fingerprint density at radius 3 is 2.73 bits per heavy atom. The Morgan fingerprint density at radius 1 is 1.23 bits per heavy atom. The van der Waals surface area contributed by atoms with Gasteiger partial charge in [-0.05, 0) is 25.1 Å². The first-order valence-electron chi connectivity index (χ1n) is 7.66. The molecule has 0 saturated heterocycles. The molecule has 1 atom stereocenters. The van der Waals surface area contributed by atoms with Crippen LogP contribution in [-0.2, 0) is 6.54 Å². The van der Waals surface area contributed by atoms with E-state index in [1.807, 2.05) is 0 Å². The van der Waals surface area contributed by atoms with Crippen molar-refractivity contribution in [3.05, 3.63) is 71.2 Å². The van der Waals surface area contributed by atoms with Gasteiger partial charge in [0.15, 0.2) is 23.1 Å². The largest absolute Gasteiger partial charge is 0.332 e. The van der Waals surface area contributed by atoms with Crippen LogP contribution >= 0.6 is 0 Å². The first-order valence-corrected chi connectivity index (χ1v) is 7.66.